The highest BCUT2D eigenvalue weighted by Crippen LogP contribution is 2.21. The van der Waals surface area contributed by atoms with Crippen molar-refractivity contribution in [2.75, 3.05) is 11.9 Å². The molecule has 0 fully saturated rings. The standard InChI is InChI=1S/C12H19N3/c1-4-9(2)10-5-7-11(8-6-10)15(3)12(13)14/h5-9H,4H2,1-3H3,(H3,13,14). The van der Waals surface area contributed by atoms with Crippen molar-refractivity contribution in [3.63, 3.8) is 0 Å². The van der Waals surface area contributed by atoms with E-state index in [9.17, 15) is 0 Å². The molecule has 15 heavy (non-hydrogen) atoms. The average Bonchev–Trinajstić information content (AvgIpc) is 2.27. The van der Waals surface area contributed by atoms with E-state index in [2.05, 4.69) is 26.0 Å². The van der Waals surface area contributed by atoms with E-state index in [4.69, 9.17) is 11.1 Å². The van der Waals surface area contributed by atoms with E-state index in [0.29, 0.717) is 5.92 Å². The van der Waals surface area contributed by atoms with E-state index >= 15 is 0 Å². The minimum absolute atomic E-state index is 0.0614. The van der Waals surface area contributed by atoms with Crippen molar-refractivity contribution in [3.8, 4) is 0 Å². The van der Waals surface area contributed by atoms with E-state index in [0.717, 1.165) is 12.1 Å². The van der Waals surface area contributed by atoms with Gasteiger partial charge in [-0.05, 0) is 30.0 Å². The van der Waals surface area contributed by atoms with Crippen molar-refractivity contribution >= 4 is 11.6 Å². The normalized spacial score (nSPS) is 12.2. The molecule has 0 aliphatic carbocycles. The molecule has 3 heteroatoms. The third kappa shape index (κ3) is 2.72. The summed E-state index contributed by atoms with van der Waals surface area (Å²) < 4.78 is 0. The topological polar surface area (TPSA) is 53.1 Å². The number of nitrogens with one attached hydrogen (secondary N) is 1. The molecule has 3 N–H and O–H groups in total. The fourth-order valence-corrected chi connectivity index (χ4v) is 1.40. The van der Waals surface area contributed by atoms with Crippen LogP contribution in [-0.2, 0) is 0 Å². The van der Waals surface area contributed by atoms with Crippen LogP contribution in [0, 0.1) is 5.41 Å². The minimum Gasteiger partial charge on any atom is -0.370 e. The Morgan fingerprint density at radius 3 is 2.33 bits per heavy atom. The molecular formula is C12H19N3. The first kappa shape index (κ1) is 11.6. The second-order valence-corrected chi connectivity index (χ2v) is 3.85. The Morgan fingerprint density at radius 1 is 1.40 bits per heavy atom. The van der Waals surface area contributed by atoms with Gasteiger partial charge in [-0.3, -0.25) is 5.41 Å². The van der Waals surface area contributed by atoms with Gasteiger partial charge in [-0.25, -0.2) is 0 Å². The van der Waals surface area contributed by atoms with Crippen LogP contribution in [0.4, 0.5) is 5.69 Å². The molecule has 0 aliphatic heterocycles. The number of rotatable bonds is 3. The number of anilines is 1. The number of nitrogens with zero attached hydrogens (tertiary/aromatic N) is 1. The van der Waals surface area contributed by atoms with E-state index in [1.54, 1.807) is 11.9 Å². The molecule has 0 aliphatic rings. The Bertz CT molecular complexity index is 329. The maximum Gasteiger partial charge on any atom is 0.192 e. The number of benzene rings is 1. The molecule has 0 aromatic heterocycles. The first-order chi connectivity index (χ1) is 7.06. The van der Waals surface area contributed by atoms with Gasteiger partial charge in [-0.2, -0.15) is 0 Å². The molecule has 3 nitrogen and oxygen atoms in total. The van der Waals surface area contributed by atoms with Crippen LogP contribution in [0.1, 0.15) is 31.7 Å². The Morgan fingerprint density at radius 2 is 1.93 bits per heavy atom. The Balaban J connectivity index is 2.85. The van der Waals surface area contributed by atoms with Crippen molar-refractivity contribution in [1.29, 1.82) is 5.41 Å². The molecular weight excluding hydrogens is 186 g/mol. The van der Waals surface area contributed by atoms with Gasteiger partial charge < -0.3 is 10.6 Å². The van der Waals surface area contributed by atoms with Gasteiger partial charge in [-0.1, -0.05) is 26.0 Å². The summed E-state index contributed by atoms with van der Waals surface area (Å²) in [6.07, 6.45) is 1.14. The molecule has 1 atom stereocenters. The summed E-state index contributed by atoms with van der Waals surface area (Å²) in [6.45, 7) is 4.39. The van der Waals surface area contributed by atoms with Crippen LogP contribution in [0.5, 0.6) is 0 Å². The van der Waals surface area contributed by atoms with Crippen molar-refractivity contribution in [2.24, 2.45) is 5.73 Å². The maximum absolute atomic E-state index is 7.32. The Labute approximate surface area is 91.4 Å². The summed E-state index contributed by atoms with van der Waals surface area (Å²) in [5.74, 6) is 0.646. The second kappa shape index (κ2) is 4.82. The zero-order valence-corrected chi connectivity index (χ0v) is 9.62. The lowest BCUT2D eigenvalue weighted by molar-refractivity contribution is 0.733. The van der Waals surface area contributed by atoms with Crippen LogP contribution in [0.3, 0.4) is 0 Å². The summed E-state index contributed by atoms with van der Waals surface area (Å²) in [5, 5.41) is 7.32. The molecule has 0 heterocycles. The monoisotopic (exact) mass is 205 g/mol. The van der Waals surface area contributed by atoms with E-state index in [-0.39, 0.29) is 5.96 Å². The van der Waals surface area contributed by atoms with Crippen molar-refractivity contribution in [2.45, 2.75) is 26.2 Å². The SMILES string of the molecule is CCC(C)c1ccc(N(C)C(=N)N)cc1. The zero-order chi connectivity index (χ0) is 11.4. The van der Waals surface area contributed by atoms with Crippen molar-refractivity contribution in [3.05, 3.63) is 29.8 Å². The first-order valence-electron chi connectivity index (χ1n) is 5.24. The van der Waals surface area contributed by atoms with Gasteiger partial charge in [0.15, 0.2) is 5.96 Å². The van der Waals surface area contributed by atoms with Crippen molar-refractivity contribution < 1.29 is 0 Å². The average molecular weight is 205 g/mol. The third-order valence-electron chi connectivity index (χ3n) is 2.82. The van der Waals surface area contributed by atoms with Gasteiger partial charge in [0, 0.05) is 12.7 Å². The predicted octanol–water partition coefficient (Wildman–Crippen LogP) is 2.53. The number of hydrogen-bond donors (Lipinski definition) is 2. The minimum atomic E-state index is 0.0614. The highest BCUT2D eigenvalue weighted by atomic mass is 15.2. The summed E-state index contributed by atoms with van der Waals surface area (Å²) in [7, 11) is 1.79. The van der Waals surface area contributed by atoms with Gasteiger partial charge in [-0.15, -0.1) is 0 Å². The highest BCUT2D eigenvalue weighted by Gasteiger charge is 2.05. The number of hydrogen-bond acceptors (Lipinski definition) is 1. The van der Waals surface area contributed by atoms with Gasteiger partial charge in [0.05, 0.1) is 0 Å². The number of nitrogens with two attached hydrogens (primary N) is 1. The summed E-state index contributed by atoms with van der Waals surface area (Å²) in [4.78, 5) is 1.65. The van der Waals surface area contributed by atoms with Gasteiger partial charge in [0.25, 0.3) is 0 Å². The van der Waals surface area contributed by atoms with Gasteiger partial charge in [0.2, 0.25) is 0 Å². The molecule has 0 amide bonds. The maximum atomic E-state index is 7.32. The van der Waals surface area contributed by atoms with Crippen LogP contribution in [0.2, 0.25) is 0 Å². The lowest BCUT2D eigenvalue weighted by atomic mass is 9.98. The lowest BCUT2D eigenvalue weighted by Crippen LogP contribution is -2.32. The fraction of sp³-hybridized carbons (Fsp3) is 0.417. The Kier molecular flexibility index (Phi) is 3.72. The molecule has 0 saturated carbocycles. The highest BCUT2D eigenvalue weighted by molar-refractivity contribution is 5.91. The van der Waals surface area contributed by atoms with Crippen LogP contribution in [-0.4, -0.2) is 13.0 Å². The van der Waals surface area contributed by atoms with E-state index in [1.165, 1.54) is 5.56 Å². The molecule has 1 unspecified atom stereocenters. The molecule has 0 radical (unpaired) electrons. The smallest absolute Gasteiger partial charge is 0.192 e. The second-order valence-electron chi connectivity index (χ2n) is 3.85. The summed E-state index contributed by atoms with van der Waals surface area (Å²) >= 11 is 0. The molecule has 0 spiro atoms. The summed E-state index contributed by atoms with van der Waals surface area (Å²) in [5.41, 5.74) is 7.69. The Hall–Kier alpha value is -1.51. The van der Waals surface area contributed by atoms with Crippen LogP contribution in [0.15, 0.2) is 24.3 Å². The quantitative estimate of drug-likeness (QED) is 0.588. The zero-order valence-electron chi connectivity index (χ0n) is 9.62. The number of guanidine groups is 1. The largest absolute Gasteiger partial charge is 0.370 e. The van der Waals surface area contributed by atoms with Gasteiger partial charge >= 0.3 is 0 Å². The van der Waals surface area contributed by atoms with Crippen LogP contribution in [0.25, 0.3) is 0 Å². The molecule has 0 saturated heterocycles. The molecule has 1 aromatic rings. The van der Waals surface area contributed by atoms with Crippen molar-refractivity contribution in [1.82, 2.24) is 0 Å². The fourth-order valence-electron chi connectivity index (χ4n) is 1.40. The molecule has 1 rings (SSSR count). The molecule has 0 bridgehead atoms. The first-order valence-corrected chi connectivity index (χ1v) is 5.24. The predicted molar refractivity (Wildman–Crippen MR) is 65.5 cm³/mol. The van der Waals surface area contributed by atoms with E-state index in [1.807, 2.05) is 12.1 Å². The van der Waals surface area contributed by atoms with Crippen LogP contribution >= 0.6 is 0 Å². The lowest BCUT2D eigenvalue weighted by Gasteiger charge is -2.17. The summed E-state index contributed by atoms with van der Waals surface area (Å²) in [6, 6.07) is 8.21. The molecule has 1 aromatic carbocycles. The molecule has 82 valence electrons. The van der Waals surface area contributed by atoms with Crippen LogP contribution < -0.4 is 10.6 Å². The third-order valence-corrected chi connectivity index (χ3v) is 2.82. The van der Waals surface area contributed by atoms with Gasteiger partial charge in [0.1, 0.15) is 0 Å². The van der Waals surface area contributed by atoms with E-state index < -0.39 is 0 Å².